The molecule has 19 heavy (non-hydrogen) atoms. The summed E-state index contributed by atoms with van der Waals surface area (Å²) in [5, 5.41) is 3.58. The van der Waals surface area contributed by atoms with Gasteiger partial charge in [0.2, 0.25) is 0 Å². The number of nitrogens with one attached hydrogen (secondary N) is 1. The molecule has 3 heteroatoms. The molecule has 0 aromatic carbocycles. The lowest BCUT2D eigenvalue weighted by atomic mass is 10.00. The molecule has 0 bridgehead atoms. The van der Waals surface area contributed by atoms with Crippen LogP contribution in [-0.2, 0) is 6.54 Å². The first-order chi connectivity index (χ1) is 8.79. The lowest BCUT2D eigenvalue weighted by Gasteiger charge is -2.32. The highest BCUT2D eigenvalue weighted by Gasteiger charge is 2.19. The molecule has 0 saturated carbocycles. The first kappa shape index (κ1) is 16.1. The van der Waals surface area contributed by atoms with Crippen molar-refractivity contribution in [2.45, 2.75) is 52.7 Å². The summed E-state index contributed by atoms with van der Waals surface area (Å²) < 4.78 is 0. The van der Waals surface area contributed by atoms with Crippen LogP contribution in [0.1, 0.15) is 40.2 Å². The van der Waals surface area contributed by atoms with Crippen LogP contribution in [0, 0.1) is 5.92 Å². The van der Waals surface area contributed by atoms with Gasteiger partial charge < -0.3 is 5.32 Å². The number of hydrogen-bond donors (Lipinski definition) is 1. The monoisotopic (exact) mass is 263 g/mol. The lowest BCUT2D eigenvalue weighted by Crippen LogP contribution is -2.44. The Labute approximate surface area is 118 Å². The van der Waals surface area contributed by atoms with E-state index in [9.17, 15) is 0 Å². The summed E-state index contributed by atoms with van der Waals surface area (Å²) in [6.45, 7) is 13.2. The van der Waals surface area contributed by atoms with E-state index in [1.54, 1.807) is 0 Å². The summed E-state index contributed by atoms with van der Waals surface area (Å²) in [5.41, 5.74) is 1.46. The molecule has 0 aliphatic carbocycles. The molecular weight excluding hydrogens is 234 g/mol. The number of hydrogen-bond acceptors (Lipinski definition) is 3. The zero-order valence-electron chi connectivity index (χ0n) is 13.3. The van der Waals surface area contributed by atoms with Gasteiger partial charge in [0.1, 0.15) is 0 Å². The molecule has 0 spiro atoms. The van der Waals surface area contributed by atoms with Gasteiger partial charge in [-0.05, 0) is 58.8 Å². The van der Waals surface area contributed by atoms with Gasteiger partial charge in [-0.25, -0.2) is 0 Å². The molecule has 1 rings (SSSR count). The molecule has 3 nitrogen and oxygen atoms in total. The number of nitrogens with zero attached hydrogens (tertiary/aromatic N) is 2. The second kappa shape index (κ2) is 7.01. The Hall–Kier alpha value is -0.930. The zero-order valence-corrected chi connectivity index (χ0v) is 13.3. The van der Waals surface area contributed by atoms with Crippen LogP contribution < -0.4 is 5.32 Å². The van der Waals surface area contributed by atoms with Crippen molar-refractivity contribution < 1.29 is 0 Å². The Morgan fingerprint density at radius 1 is 1.32 bits per heavy atom. The van der Waals surface area contributed by atoms with E-state index in [1.807, 2.05) is 18.5 Å². The van der Waals surface area contributed by atoms with Gasteiger partial charge in [0, 0.05) is 30.5 Å². The Balaban J connectivity index is 2.45. The summed E-state index contributed by atoms with van der Waals surface area (Å²) in [5.74, 6) is 0.612. The zero-order chi connectivity index (χ0) is 14.5. The molecule has 2 atom stereocenters. The molecule has 0 aliphatic rings. The minimum atomic E-state index is 0.190. The van der Waals surface area contributed by atoms with E-state index in [-0.39, 0.29) is 5.54 Å². The minimum Gasteiger partial charge on any atom is -0.312 e. The number of aromatic nitrogens is 1. The average Bonchev–Trinajstić information content (AvgIpc) is 2.35. The van der Waals surface area contributed by atoms with Crippen molar-refractivity contribution in [2.75, 3.05) is 13.6 Å². The Kier molecular flexibility index (Phi) is 5.95. The highest BCUT2D eigenvalue weighted by Crippen LogP contribution is 2.13. The van der Waals surface area contributed by atoms with Gasteiger partial charge in [0.05, 0.1) is 0 Å². The molecule has 2 unspecified atom stereocenters. The fourth-order valence-electron chi connectivity index (χ4n) is 2.00. The maximum Gasteiger partial charge on any atom is 0.0312 e. The molecular formula is C16H29N3. The SMILES string of the molecule is CC(CNC(C)(C)C)C(C)N(C)Cc1cccnc1. The fourth-order valence-corrected chi connectivity index (χ4v) is 2.00. The number of rotatable bonds is 6. The van der Waals surface area contributed by atoms with Crippen molar-refractivity contribution in [2.24, 2.45) is 5.92 Å². The van der Waals surface area contributed by atoms with E-state index in [2.05, 4.69) is 62.9 Å². The van der Waals surface area contributed by atoms with Crippen molar-refractivity contribution in [1.29, 1.82) is 0 Å². The maximum atomic E-state index is 4.17. The normalized spacial score (nSPS) is 15.5. The predicted molar refractivity (Wildman–Crippen MR) is 82.1 cm³/mol. The molecule has 1 aromatic heterocycles. The second-order valence-corrected chi connectivity index (χ2v) is 6.63. The third kappa shape index (κ3) is 6.17. The standard InChI is InChI=1S/C16H29N3/c1-13(10-18-16(3,4)5)14(2)19(6)12-15-8-7-9-17-11-15/h7-9,11,13-14,18H,10,12H2,1-6H3. The highest BCUT2D eigenvalue weighted by atomic mass is 15.1. The van der Waals surface area contributed by atoms with E-state index in [4.69, 9.17) is 0 Å². The first-order valence-electron chi connectivity index (χ1n) is 7.14. The summed E-state index contributed by atoms with van der Waals surface area (Å²) in [6, 6.07) is 4.67. The molecule has 0 radical (unpaired) electrons. The maximum absolute atomic E-state index is 4.17. The Morgan fingerprint density at radius 2 is 2.00 bits per heavy atom. The summed E-state index contributed by atoms with van der Waals surface area (Å²) >= 11 is 0. The fraction of sp³-hybridized carbons (Fsp3) is 0.688. The van der Waals surface area contributed by atoms with Crippen LogP contribution in [0.2, 0.25) is 0 Å². The smallest absolute Gasteiger partial charge is 0.0312 e. The second-order valence-electron chi connectivity index (χ2n) is 6.63. The third-order valence-electron chi connectivity index (χ3n) is 3.63. The first-order valence-corrected chi connectivity index (χ1v) is 7.14. The predicted octanol–water partition coefficient (Wildman–Crippen LogP) is 2.93. The molecule has 0 aliphatic heterocycles. The van der Waals surface area contributed by atoms with Crippen molar-refractivity contribution in [3.8, 4) is 0 Å². The summed E-state index contributed by atoms with van der Waals surface area (Å²) in [7, 11) is 2.19. The molecule has 108 valence electrons. The van der Waals surface area contributed by atoms with Gasteiger partial charge >= 0.3 is 0 Å². The summed E-state index contributed by atoms with van der Waals surface area (Å²) in [6.07, 6.45) is 3.77. The molecule has 0 saturated heterocycles. The molecule has 0 fully saturated rings. The van der Waals surface area contributed by atoms with Gasteiger partial charge in [0.25, 0.3) is 0 Å². The Bertz CT molecular complexity index is 356. The van der Waals surface area contributed by atoms with Crippen LogP contribution in [0.4, 0.5) is 0 Å². The van der Waals surface area contributed by atoms with E-state index < -0.39 is 0 Å². The van der Waals surface area contributed by atoms with Crippen molar-refractivity contribution in [3.05, 3.63) is 30.1 Å². The van der Waals surface area contributed by atoms with E-state index in [0.717, 1.165) is 13.1 Å². The molecule has 1 N–H and O–H groups in total. The van der Waals surface area contributed by atoms with Crippen LogP contribution in [0.25, 0.3) is 0 Å². The lowest BCUT2D eigenvalue weighted by molar-refractivity contribution is 0.182. The molecule has 1 heterocycles. The van der Waals surface area contributed by atoms with Crippen molar-refractivity contribution in [1.82, 2.24) is 15.2 Å². The van der Waals surface area contributed by atoms with Gasteiger partial charge in [-0.2, -0.15) is 0 Å². The van der Waals surface area contributed by atoms with Crippen LogP contribution in [-0.4, -0.2) is 35.1 Å². The highest BCUT2D eigenvalue weighted by molar-refractivity contribution is 5.08. The van der Waals surface area contributed by atoms with Gasteiger partial charge in [-0.15, -0.1) is 0 Å². The van der Waals surface area contributed by atoms with Crippen LogP contribution in [0.15, 0.2) is 24.5 Å². The van der Waals surface area contributed by atoms with Gasteiger partial charge in [-0.3, -0.25) is 9.88 Å². The third-order valence-corrected chi connectivity index (χ3v) is 3.63. The van der Waals surface area contributed by atoms with E-state index >= 15 is 0 Å². The van der Waals surface area contributed by atoms with Crippen LogP contribution >= 0.6 is 0 Å². The topological polar surface area (TPSA) is 28.2 Å². The molecule has 1 aromatic rings. The summed E-state index contributed by atoms with van der Waals surface area (Å²) in [4.78, 5) is 6.57. The largest absolute Gasteiger partial charge is 0.312 e. The molecule has 0 amide bonds. The van der Waals surface area contributed by atoms with Crippen LogP contribution in [0.5, 0.6) is 0 Å². The Morgan fingerprint density at radius 3 is 2.53 bits per heavy atom. The van der Waals surface area contributed by atoms with Crippen LogP contribution in [0.3, 0.4) is 0 Å². The average molecular weight is 263 g/mol. The van der Waals surface area contributed by atoms with E-state index in [1.165, 1.54) is 5.56 Å². The van der Waals surface area contributed by atoms with E-state index in [0.29, 0.717) is 12.0 Å². The quantitative estimate of drug-likeness (QED) is 0.855. The van der Waals surface area contributed by atoms with Gasteiger partial charge in [0.15, 0.2) is 0 Å². The minimum absolute atomic E-state index is 0.190. The van der Waals surface area contributed by atoms with Crippen molar-refractivity contribution in [3.63, 3.8) is 0 Å². The van der Waals surface area contributed by atoms with Gasteiger partial charge in [-0.1, -0.05) is 13.0 Å². The van der Waals surface area contributed by atoms with Crippen molar-refractivity contribution >= 4 is 0 Å². The number of pyridine rings is 1.